The first kappa shape index (κ1) is 19.9. The van der Waals surface area contributed by atoms with Crippen LogP contribution in [0.5, 0.6) is 11.5 Å². The molecule has 0 radical (unpaired) electrons. The maximum atomic E-state index is 12.6. The van der Waals surface area contributed by atoms with Crippen LogP contribution >= 0.6 is 0 Å². The third kappa shape index (κ3) is 4.93. The Bertz CT molecular complexity index is 1030. The van der Waals surface area contributed by atoms with Gasteiger partial charge in [-0.2, -0.15) is 0 Å². The summed E-state index contributed by atoms with van der Waals surface area (Å²) in [4.78, 5) is 25.1. The monoisotopic (exact) mass is 390 g/mol. The highest BCUT2D eigenvalue weighted by atomic mass is 16.5. The van der Waals surface area contributed by atoms with Crippen LogP contribution in [0.3, 0.4) is 0 Å². The van der Waals surface area contributed by atoms with Crippen molar-refractivity contribution in [2.24, 2.45) is 0 Å². The summed E-state index contributed by atoms with van der Waals surface area (Å²) in [6, 6.07) is 19.2. The van der Waals surface area contributed by atoms with Gasteiger partial charge in [0, 0.05) is 16.8 Å². The summed E-state index contributed by atoms with van der Waals surface area (Å²) < 4.78 is 10.4. The molecule has 0 atom stereocenters. The van der Waals surface area contributed by atoms with E-state index in [-0.39, 0.29) is 11.8 Å². The number of rotatable bonds is 6. The summed E-state index contributed by atoms with van der Waals surface area (Å²) in [7, 11) is 3.08. The van der Waals surface area contributed by atoms with Crippen molar-refractivity contribution in [3.63, 3.8) is 0 Å². The normalized spacial score (nSPS) is 10.2. The van der Waals surface area contributed by atoms with E-state index in [4.69, 9.17) is 9.47 Å². The molecule has 0 fully saturated rings. The van der Waals surface area contributed by atoms with Crippen LogP contribution in [-0.4, -0.2) is 26.0 Å². The zero-order valence-electron chi connectivity index (χ0n) is 16.5. The Kier molecular flexibility index (Phi) is 6.14. The number of methoxy groups -OCH3 is 2. The molecule has 3 rings (SSSR count). The van der Waals surface area contributed by atoms with Crippen LogP contribution in [-0.2, 0) is 0 Å². The average molecular weight is 390 g/mol. The summed E-state index contributed by atoms with van der Waals surface area (Å²) in [5, 5.41) is 5.66. The predicted octanol–water partition coefficient (Wildman–Crippen LogP) is 4.52. The van der Waals surface area contributed by atoms with E-state index in [1.807, 2.05) is 25.1 Å². The van der Waals surface area contributed by atoms with E-state index < -0.39 is 0 Å². The molecule has 148 valence electrons. The molecule has 0 aliphatic rings. The van der Waals surface area contributed by atoms with E-state index in [1.165, 1.54) is 7.11 Å². The summed E-state index contributed by atoms with van der Waals surface area (Å²) in [5.74, 6) is 0.625. The number of hydrogen-bond acceptors (Lipinski definition) is 4. The van der Waals surface area contributed by atoms with Crippen molar-refractivity contribution in [1.82, 2.24) is 0 Å². The van der Waals surface area contributed by atoms with Crippen LogP contribution in [0.15, 0.2) is 66.7 Å². The highest BCUT2D eigenvalue weighted by Crippen LogP contribution is 2.29. The van der Waals surface area contributed by atoms with Crippen molar-refractivity contribution in [1.29, 1.82) is 0 Å². The molecule has 3 aromatic rings. The molecule has 0 saturated heterocycles. The highest BCUT2D eigenvalue weighted by molar-refractivity contribution is 6.07. The van der Waals surface area contributed by atoms with Gasteiger partial charge in [-0.3, -0.25) is 9.59 Å². The van der Waals surface area contributed by atoms with Gasteiger partial charge in [0.05, 0.1) is 19.9 Å². The molecule has 0 aliphatic carbocycles. The number of hydrogen-bond donors (Lipinski definition) is 2. The molecule has 2 N–H and O–H groups in total. The van der Waals surface area contributed by atoms with Crippen molar-refractivity contribution in [2.45, 2.75) is 6.92 Å². The van der Waals surface area contributed by atoms with E-state index in [0.29, 0.717) is 34.0 Å². The van der Waals surface area contributed by atoms with Crippen LogP contribution in [0.25, 0.3) is 0 Å². The van der Waals surface area contributed by atoms with Crippen LogP contribution < -0.4 is 20.1 Å². The average Bonchev–Trinajstić information content (AvgIpc) is 2.74. The van der Waals surface area contributed by atoms with E-state index in [9.17, 15) is 9.59 Å². The zero-order valence-corrected chi connectivity index (χ0v) is 16.5. The van der Waals surface area contributed by atoms with E-state index in [0.717, 1.165) is 5.56 Å². The molecule has 6 nitrogen and oxygen atoms in total. The smallest absolute Gasteiger partial charge is 0.255 e. The highest BCUT2D eigenvalue weighted by Gasteiger charge is 2.13. The Hall–Kier alpha value is -3.80. The van der Waals surface area contributed by atoms with Crippen molar-refractivity contribution >= 4 is 23.2 Å². The lowest BCUT2D eigenvalue weighted by molar-refractivity contribution is 0.101. The number of carbonyl (C=O) groups excluding carboxylic acids is 2. The number of ether oxygens (including phenoxy) is 2. The Balaban J connectivity index is 1.79. The number of benzene rings is 3. The summed E-state index contributed by atoms with van der Waals surface area (Å²) >= 11 is 0. The summed E-state index contributed by atoms with van der Waals surface area (Å²) in [5.41, 5.74) is 3.03. The second kappa shape index (κ2) is 8.93. The molecule has 0 heterocycles. The standard InChI is InChI=1S/C23H22N2O4/c1-15-5-4-6-17(13-15)23(27)24-18-9-12-21(29-3)20(14-18)25-22(26)16-7-10-19(28-2)11-8-16/h4-14H,1-3H3,(H,24,27)(H,25,26). The maximum absolute atomic E-state index is 12.6. The van der Waals surface area contributed by atoms with Crippen LogP contribution in [0.4, 0.5) is 11.4 Å². The fourth-order valence-corrected chi connectivity index (χ4v) is 2.81. The van der Waals surface area contributed by atoms with Crippen molar-refractivity contribution in [2.75, 3.05) is 24.9 Å². The molecule has 6 heteroatoms. The number of anilines is 2. The molecule has 3 aromatic carbocycles. The first-order valence-corrected chi connectivity index (χ1v) is 9.01. The summed E-state index contributed by atoms with van der Waals surface area (Å²) in [6.07, 6.45) is 0. The molecule has 2 amide bonds. The van der Waals surface area contributed by atoms with Crippen LogP contribution in [0.1, 0.15) is 26.3 Å². The third-order valence-electron chi connectivity index (χ3n) is 4.34. The van der Waals surface area contributed by atoms with Crippen molar-refractivity contribution < 1.29 is 19.1 Å². The second-order valence-electron chi connectivity index (χ2n) is 6.42. The van der Waals surface area contributed by atoms with E-state index in [2.05, 4.69) is 10.6 Å². The number of aryl methyl sites for hydroxylation is 1. The fraction of sp³-hybridized carbons (Fsp3) is 0.130. The van der Waals surface area contributed by atoms with Gasteiger partial charge in [0.15, 0.2) is 0 Å². The molecule has 0 bridgehead atoms. The number of carbonyl (C=O) groups is 2. The number of amides is 2. The first-order valence-electron chi connectivity index (χ1n) is 9.01. The van der Waals surface area contributed by atoms with Gasteiger partial charge < -0.3 is 20.1 Å². The largest absolute Gasteiger partial charge is 0.497 e. The molecule has 0 aromatic heterocycles. The van der Waals surface area contributed by atoms with Gasteiger partial charge in [0.2, 0.25) is 0 Å². The van der Waals surface area contributed by atoms with Gasteiger partial charge in [0.1, 0.15) is 11.5 Å². The molecular weight excluding hydrogens is 368 g/mol. The quantitative estimate of drug-likeness (QED) is 0.649. The molecule has 0 spiro atoms. The Labute approximate surface area is 169 Å². The fourth-order valence-electron chi connectivity index (χ4n) is 2.81. The number of nitrogens with one attached hydrogen (secondary N) is 2. The van der Waals surface area contributed by atoms with Crippen molar-refractivity contribution in [3.8, 4) is 11.5 Å². The molecule has 29 heavy (non-hydrogen) atoms. The second-order valence-corrected chi connectivity index (χ2v) is 6.42. The lowest BCUT2D eigenvalue weighted by Gasteiger charge is -2.13. The molecule has 0 saturated carbocycles. The minimum atomic E-state index is -0.298. The molecule has 0 unspecified atom stereocenters. The maximum Gasteiger partial charge on any atom is 0.255 e. The molecule has 0 aliphatic heterocycles. The Morgan fingerprint density at radius 1 is 0.759 bits per heavy atom. The van der Waals surface area contributed by atoms with Gasteiger partial charge >= 0.3 is 0 Å². The Morgan fingerprint density at radius 2 is 1.48 bits per heavy atom. The van der Waals surface area contributed by atoms with Gasteiger partial charge in [-0.05, 0) is 61.5 Å². The third-order valence-corrected chi connectivity index (χ3v) is 4.34. The zero-order chi connectivity index (χ0) is 20.8. The summed E-state index contributed by atoms with van der Waals surface area (Å²) in [6.45, 7) is 1.93. The van der Waals surface area contributed by atoms with Gasteiger partial charge in [-0.1, -0.05) is 17.7 Å². The van der Waals surface area contributed by atoms with E-state index in [1.54, 1.807) is 55.6 Å². The molecular formula is C23H22N2O4. The minimum Gasteiger partial charge on any atom is -0.497 e. The van der Waals surface area contributed by atoms with Gasteiger partial charge in [-0.25, -0.2) is 0 Å². The van der Waals surface area contributed by atoms with E-state index >= 15 is 0 Å². The van der Waals surface area contributed by atoms with Crippen LogP contribution in [0.2, 0.25) is 0 Å². The minimum absolute atomic E-state index is 0.230. The SMILES string of the molecule is COc1ccc(C(=O)Nc2cc(NC(=O)c3cccc(C)c3)ccc2OC)cc1. The lowest BCUT2D eigenvalue weighted by atomic mass is 10.1. The van der Waals surface area contributed by atoms with Gasteiger partial charge in [0.25, 0.3) is 11.8 Å². The Morgan fingerprint density at radius 3 is 2.14 bits per heavy atom. The predicted molar refractivity (Wildman–Crippen MR) is 113 cm³/mol. The van der Waals surface area contributed by atoms with Crippen LogP contribution in [0, 0.1) is 6.92 Å². The van der Waals surface area contributed by atoms with Gasteiger partial charge in [-0.15, -0.1) is 0 Å². The van der Waals surface area contributed by atoms with Crippen molar-refractivity contribution in [3.05, 3.63) is 83.4 Å². The lowest BCUT2D eigenvalue weighted by Crippen LogP contribution is -2.14. The first-order chi connectivity index (χ1) is 14.0. The topological polar surface area (TPSA) is 76.7 Å².